The molecule has 7 nitrogen and oxygen atoms in total. The van der Waals surface area contributed by atoms with Gasteiger partial charge in [-0.1, -0.05) is 5.16 Å². The predicted octanol–water partition coefficient (Wildman–Crippen LogP) is 2.32. The number of carbonyl (C=O) groups is 1. The molecule has 1 aliphatic rings. The van der Waals surface area contributed by atoms with E-state index < -0.39 is 0 Å². The number of pyridine rings is 1. The van der Waals surface area contributed by atoms with Gasteiger partial charge in [0, 0.05) is 19.2 Å². The maximum atomic E-state index is 12.3. The molecule has 0 atom stereocenters. The maximum absolute atomic E-state index is 12.3. The molecule has 4 rings (SSSR count). The quantitative estimate of drug-likeness (QED) is 0.784. The smallest absolute Gasteiger partial charge is 0.275 e. The van der Waals surface area contributed by atoms with Crippen LogP contribution in [0.3, 0.4) is 0 Å². The Morgan fingerprint density at radius 2 is 2.32 bits per heavy atom. The Labute approximate surface area is 126 Å². The Balaban J connectivity index is 1.59. The summed E-state index contributed by atoms with van der Waals surface area (Å²) in [7, 11) is 0. The first-order chi connectivity index (χ1) is 10.7. The van der Waals surface area contributed by atoms with Crippen LogP contribution in [0, 0.1) is 6.92 Å². The van der Waals surface area contributed by atoms with Gasteiger partial charge in [0.05, 0.1) is 23.0 Å². The Hall–Kier alpha value is -2.70. The molecule has 1 amide bonds. The predicted molar refractivity (Wildman–Crippen MR) is 79.7 cm³/mol. The van der Waals surface area contributed by atoms with Crippen molar-refractivity contribution in [3.8, 4) is 0 Å². The molecule has 0 aliphatic carbocycles. The van der Waals surface area contributed by atoms with Crippen LogP contribution in [-0.4, -0.2) is 25.6 Å². The van der Waals surface area contributed by atoms with E-state index in [1.165, 1.54) is 0 Å². The molecule has 0 aromatic carbocycles. The topological polar surface area (TPSA) is 85.8 Å². The molecule has 3 aromatic rings. The number of hydrogen-bond donors (Lipinski definition) is 1. The van der Waals surface area contributed by atoms with Crippen LogP contribution < -0.4 is 5.32 Å². The third-order valence-corrected chi connectivity index (χ3v) is 3.91. The minimum atomic E-state index is -0.225. The zero-order valence-corrected chi connectivity index (χ0v) is 12.2. The van der Waals surface area contributed by atoms with E-state index in [0.717, 1.165) is 42.7 Å². The number of amides is 1. The van der Waals surface area contributed by atoms with E-state index in [9.17, 15) is 4.79 Å². The maximum Gasteiger partial charge on any atom is 0.275 e. The van der Waals surface area contributed by atoms with Crippen LogP contribution in [0.5, 0.6) is 0 Å². The summed E-state index contributed by atoms with van der Waals surface area (Å²) in [5.74, 6) is 0.761. The van der Waals surface area contributed by atoms with E-state index in [4.69, 9.17) is 4.52 Å². The number of fused-ring (bicyclic) bond motifs is 2. The average Bonchev–Trinajstić information content (AvgIpc) is 3.11. The molecule has 0 bridgehead atoms. The summed E-state index contributed by atoms with van der Waals surface area (Å²) in [6.07, 6.45) is 6.57. The lowest BCUT2D eigenvalue weighted by atomic mass is 10.2. The average molecular weight is 297 g/mol. The summed E-state index contributed by atoms with van der Waals surface area (Å²) >= 11 is 0. The lowest BCUT2D eigenvalue weighted by Gasteiger charge is -2.11. The summed E-state index contributed by atoms with van der Waals surface area (Å²) in [4.78, 5) is 20.9. The second kappa shape index (κ2) is 4.94. The number of rotatable bonds is 2. The molecular weight excluding hydrogens is 282 g/mol. The zero-order chi connectivity index (χ0) is 15.1. The molecule has 22 heavy (non-hydrogen) atoms. The second-order valence-corrected chi connectivity index (χ2v) is 5.49. The standard InChI is InChI=1S/C15H15N5O2/c1-9-11-6-10(7-16-15(11)22-19-9)17-14(21)12-8-20-5-3-2-4-13(20)18-12/h6-8H,2-5H2,1H3,(H,17,21). The Morgan fingerprint density at radius 3 is 3.18 bits per heavy atom. The molecule has 0 radical (unpaired) electrons. The molecule has 4 heterocycles. The van der Waals surface area contributed by atoms with Crippen LogP contribution in [0.4, 0.5) is 5.69 Å². The molecule has 1 aliphatic heterocycles. The highest BCUT2D eigenvalue weighted by Crippen LogP contribution is 2.20. The van der Waals surface area contributed by atoms with Gasteiger partial charge >= 0.3 is 0 Å². The van der Waals surface area contributed by atoms with Crippen LogP contribution >= 0.6 is 0 Å². The molecule has 3 aromatic heterocycles. The summed E-state index contributed by atoms with van der Waals surface area (Å²) in [6.45, 7) is 2.77. The lowest BCUT2D eigenvalue weighted by molar-refractivity contribution is 0.102. The molecule has 0 saturated heterocycles. The largest absolute Gasteiger partial charge is 0.336 e. The van der Waals surface area contributed by atoms with Gasteiger partial charge in [0.2, 0.25) is 0 Å². The summed E-state index contributed by atoms with van der Waals surface area (Å²) in [5.41, 5.74) is 2.26. The molecule has 112 valence electrons. The highest BCUT2D eigenvalue weighted by Gasteiger charge is 2.17. The first kappa shape index (κ1) is 13.0. The van der Waals surface area contributed by atoms with Gasteiger partial charge in [-0.2, -0.15) is 0 Å². The van der Waals surface area contributed by atoms with Crippen LogP contribution in [0.1, 0.15) is 34.8 Å². The van der Waals surface area contributed by atoms with Crippen molar-refractivity contribution in [3.63, 3.8) is 0 Å². The van der Waals surface area contributed by atoms with E-state index in [-0.39, 0.29) is 5.91 Å². The number of hydrogen-bond acceptors (Lipinski definition) is 5. The van der Waals surface area contributed by atoms with Crippen molar-refractivity contribution in [2.45, 2.75) is 32.7 Å². The van der Waals surface area contributed by atoms with E-state index >= 15 is 0 Å². The van der Waals surface area contributed by atoms with Gasteiger partial charge in [0.1, 0.15) is 11.5 Å². The fourth-order valence-electron chi connectivity index (χ4n) is 2.73. The van der Waals surface area contributed by atoms with Crippen LogP contribution in [-0.2, 0) is 13.0 Å². The Bertz CT molecular complexity index is 841. The van der Waals surface area contributed by atoms with Gasteiger partial charge in [0.15, 0.2) is 0 Å². The summed E-state index contributed by atoms with van der Waals surface area (Å²) in [5, 5.41) is 7.48. The van der Waals surface area contributed by atoms with Gasteiger partial charge in [-0.15, -0.1) is 0 Å². The Morgan fingerprint density at radius 1 is 1.41 bits per heavy atom. The lowest BCUT2D eigenvalue weighted by Crippen LogP contribution is -2.12. The number of carbonyl (C=O) groups excluding carboxylic acids is 1. The van der Waals surface area contributed by atoms with E-state index in [0.29, 0.717) is 17.1 Å². The van der Waals surface area contributed by atoms with Crippen LogP contribution in [0.25, 0.3) is 11.1 Å². The van der Waals surface area contributed by atoms with Crippen LogP contribution in [0.2, 0.25) is 0 Å². The first-order valence-corrected chi connectivity index (χ1v) is 7.30. The highest BCUT2D eigenvalue weighted by molar-refractivity contribution is 6.03. The summed E-state index contributed by atoms with van der Waals surface area (Å²) in [6, 6.07) is 1.81. The fraction of sp³-hybridized carbons (Fsp3) is 0.333. The molecule has 1 N–H and O–H groups in total. The normalized spacial score (nSPS) is 14.0. The third-order valence-electron chi connectivity index (χ3n) is 3.91. The van der Waals surface area contributed by atoms with Gasteiger partial charge < -0.3 is 14.4 Å². The fourth-order valence-corrected chi connectivity index (χ4v) is 2.73. The molecule has 0 saturated carbocycles. The summed E-state index contributed by atoms with van der Waals surface area (Å²) < 4.78 is 7.12. The van der Waals surface area contributed by atoms with Crippen molar-refractivity contribution in [3.05, 3.63) is 35.7 Å². The van der Waals surface area contributed by atoms with Crippen molar-refractivity contribution in [1.82, 2.24) is 19.7 Å². The molecule has 0 spiro atoms. The van der Waals surface area contributed by atoms with Gasteiger partial charge in [-0.3, -0.25) is 4.79 Å². The zero-order valence-electron chi connectivity index (χ0n) is 12.2. The highest BCUT2D eigenvalue weighted by atomic mass is 16.5. The van der Waals surface area contributed by atoms with E-state index in [1.807, 2.05) is 19.2 Å². The number of nitrogens with zero attached hydrogens (tertiary/aromatic N) is 4. The number of anilines is 1. The first-order valence-electron chi connectivity index (χ1n) is 7.30. The number of nitrogens with one attached hydrogen (secondary N) is 1. The van der Waals surface area contributed by atoms with Gasteiger partial charge in [-0.25, -0.2) is 9.97 Å². The van der Waals surface area contributed by atoms with Crippen molar-refractivity contribution in [1.29, 1.82) is 0 Å². The minimum absolute atomic E-state index is 0.225. The van der Waals surface area contributed by atoms with Crippen LogP contribution in [0.15, 0.2) is 23.0 Å². The van der Waals surface area contributed by atoms with Crippen molar-refractivity contribution in [2.75, 3.05) is 5.32 Å². The van der Waals surface area contributed by atoms with E-state index in [1.54, 1.807) is 6.20 Å². The van der Waals surface area contributed by atoms with E-state index in [2.05, 4.69) is 25.0 Å². The second-order valence-electron chi connectivity index (χ2n) is 5.49. The SMILES string of the molecule is Cc1noc2ncc(NC(=O)c3cn4c(n3)CCCC4)cc12. The van der Waals surface area contributed by atoms with Crippen molar-refractivity contribution >= 4 is 22.7 Å². The van der Waals surface area contributed by atoms with Crippen molar-refractivity contribution < 1.29 is 9.32 Å². The molecule has 7 heteroatoms. The Kier molecular flexibility index (Phi) is 2.92. The number of aryl methyl sites for hydroxylation is 3. The monoisotopic (exact) mass is 297 g/mol. The number of imidazole rings is 1. The molecule has 0 fully saturated rings. The van der Waals surface area contributed by atoms with Gasteiger partial charge in [-0.05, 0) is 25.8 Å². The third kappa shape index (κ3) is 2.14. The molecular formula is C15H15N5O2. The minimum Gasteiger partial charge on any atom is -0.336 e. The number of aromatic nitrogens is 4. The van der Waals surface area contributed by atoms with Gasteiger partial charge in [0.25, 0.3) is 11.6 Å². The van der Waals surface area contributed by atoms with Crippen molar-refractivity contribution in [2.24, 2.45) is 0 Å². The molecule has 0 unspecified atom stereocenters.